The van der Waals surface area contributed by atoms with Crippen molar-refractivity contribution in [3.05, 3.63) is 29.3 Å². The topological polar surface area (TPSA) is 38.7 Å². The van der Waals surface area contributed by atoms with Crippen LogP contribution in [0.1, 0.15) is 11.1 Å². The van der Waals surface area contributed by atoms with Gasteiger partial charge < -0.3 is 14.6 Å². The molecule has 0 atom stereocenters. The zero-order valence-electron chi connectivity index (χ0n) is 10.3. The summed E-state index contributed by atoms with van der Waals surface area (Å²) in [5.41, 5.74) is 1.04. The molecule has 0 aliphatic carbocycles. The van der Waals surface area contributed by atoms with Gasteiger partial charge in [0.25, 0.3) is 0 Å². The molecule has 0 aliphatic heterocycles. The van der Waals surface area contributed by atoms with Crippen LogP contribution >= 0.6 is 0 Å². The number of rotatable bonds is 4. The molecule has 0 spiro atoms. The van der Waals surface area contributed by atoms with Gasteiger partial charge in [-0.15, -0.1) is 0 Å². The molecule has 104 valence electrons. The van der Waals surface area contributed by atoms with Crippen LogP contribution in [0.15, 0.2) is 18.2 Å². The van der Waals surface area contributed by atoms with Gasteiger partial charge in [-0.1, -0.05) is 11.8 Å². The molecule has 1 aromatic carbocycles. The van der Waals surface area contributed by atoms with Crippen molar-refractivity contribution < 1.29 is 27.8 Å². The Kier molecular flexibility index (Phi) is 5.67. The molecule has 0 fully saturated rings. The van der Waals surface area contributed by atoms with Crippen molar-refractivity contribution in [1.82, 2.24) is 0 Å². The van der Waals surface area contributed by atoms with Crippen LogP contribution in [0.3, 0.4) is 0 Å². The number of alkyl halides is 3. The summed E-state index contributed by atoms with van der Waals surface area (Å²) in [5.74, 6) is 5.54. The first-order valence-corrected chi connectivity index (χ1v) is 5.37. The second-order valence-corrected chi connectivity index (χ2v) is 3.59. The lowest BCUT2D eigenvalue weighted by Crippen LogP contribution is -2.16. The van der Waals surface area contributed by atoms with Crippen LogP contribution in [0, 0.1) is 11.8 Å². The molecule has 0 aromatic heterocycles. The highest BCUT2D eigenvalue weighted by atomic mass is 19.4. The first kappa shape index (κ1) is 15.3. The van der Waals surface area contributed by atoms with Gasteiger partial charge in [-0.05, 0) is 18.2 Å². The Hall–Kier alpha value is -1.71. The van der Waals surface area contributed by atoms with Gasteiger partial charge in [0.2, 0.25) is 0 Å². The molecule has 0 amide bonds. The van der Waals surface area contributed by atoms with E-state index in [4.69, 9.17) is 9.84 Å². The van der Waals surface area contributed by atoms with Crippen LogP contribution in [0.5, 0.6) is 5.75 Å². The van der Waals surface area contributed by atoms with E-state index in [9.17, 15) is 13.2 Å². The molecule has 3 nitrogen and oxygen atoms in total. The lowest BCUT2D eigenvalue weighted by atomic mass is 10.1. The van der Waals surface area contributed by atoms with E-state index in [0.29, 0.717) is 16.9 Å². The number of hydrogen-bond donors (Lipinski definition) is 1. The highest BCUT2D eigenvalue weighted by molar-refractivity contribution is 5.44. The number of hydrogen-bond acceptors (Lipinski definition) is 3. The molecule has 19 heavy (non-hydrogen) atoms. The summed E-state index contributed by atoms with van der Waals surface area (Å²) in [6.07, 6.45) is -4.36. The predicted octanol–water partition coefficient (Wildman–Crippen LogP) is 2.12. The second-order valence-electron chi connectivity index (χ2n) is 3.59. The average Bonchev–Trinajstić information content (AvgIpc) is 2.35. The van der Waals surface area contributed by atoms with Crippen molar-refractivity contribution in [2.75, 3.05) is 20.3 Å². The number of halogens is 3. The van der Waals surface area contributed by atoms with E-state index in [1.807, 2.05) is 0 Å². The van der Waals surface area contributed by atoms with E-state index in [1.165, 1.54) is 7.11 Å². The number of methoxy groups -OCH3 is 1. The van der Waals surface area contributed by atoms with Gasteiger partial charge in [0.05, 0.1) is 13.7 Å². The van der Waals surface area contributed by atoms with Gasteiger partial charge in [0.15, 0.2) is 0 Å². The third-order valence-electron chi connectivity index (χ3n) is 2.12. The Morgan fingerprint density at radius 2 is 2.05 bits per heavy atom. The quantitative estimate of drug-likeness (QED) is 0.855. The molecule has 0 saturated heterocycles. The highest BCUT2D eigenvalue weighted by Gasteiger charge is 2.27. The minimum atomic E-state index is -4.36. The number of aliphatic hydroxyl groups excluding tert-OH is 1. The normalized spacial score (nSPS) is 10.8. The first-order chi connectivity index (χ1) is 8.96. The second kappa shape index (κ2) is 7.02. The van der Waals surface area contributed by atoms with Gasteiger partial charge in [-0.25, -0.2) is 0 Å². The predicted molar refractivity (Wildman–Crippen MR) is 62.7 cm³/mol. The van der Waals surface area contributed by atoms with Crippen LogP contribution in [0.2, 0.25) is 0 Å². The van der Waals surface area contributed by atoms with Gasteiger partial charge in [-0.3, -0.25) is 0 Å². The molecular formula is C13H13F3O3. The number of benzene rings is 1. The summed E-state index contributed by atoms with van der Waals surface area (Å²) in [6, 6.07) is 4.81. The fourth-order valence-corrected chi connectivity index (χ4v) is 1.39. The standard InChI is InChI=1S/C13H13F3O3/c1-18-12-5-4-10(3-2-6-17)7-11(12)8-19-9-13(14,15)16/h4-5,7,17H,6,8-9H2,1H3. The maximum Gasteiger partial charge on any atom is 0.411 e. The fraction of sp³-hybridized carbons (Fsp3) is 0.385. The largest absolute Gasteiger partial charge is 0.496 e. The van der Waals surface area contributed by atoms with Crippen LogP contribution in [-0.2, 0) is 11.3 Å². The monoisotopic (exact) mass is 274 g/mol. The first-order valence-electron chi connectivity index (χ1n) is 5.37. The summed E-state index contributed by atoms with van der Waals surface area (Å²) >= 11 is 0. The number of aliphatic hydroxyl groups is 1. The molecule has 0 radical (unpaired) electrons. The molecule has 0 unspecified atom stereocenters. The molecule has 1 aromatic rings. The minimum Gasteiger partial charge on any atom is -0.496 e. The van der Waals surface area contributed by atoms with Crippen molar-refractivity contribution in [2.45, 2.75) is 12.8 Å². The molecular weight excluding hydrogens is 261 g/mol. The Labute approximate surface area is 109 Å². The van der Waals surface area contributed by atoms with E-state index in [0.717, 1.165) is 0 Å². The minimum absolute atomic E-state index is 0.225. The van der Waals surface area contributed by atoms with Gasteiger partial charge in [-0.2, -0.15) is 13.2 Å². The summed E-state index contributed by atoms with van der Waals surface area (Å²) in [7, 11) is 1.42. The Morgan fingerprint density at radius 1 is 1.32 bits per heavy atom. The lowest BCUT2D eigenvalue weighted by Gasteiger charge is -2.11. The maximum absolute atomic E-state index is 12.0. The summed E-state index contributed by atoms with van der Waals surface area (Å²) in [6.45, 7) is -1.83. The molecule has 0 bridgehead atoms. The van der Waals surface area contributed by atoms with Crippen molar-refractivity contribution in [1.29, 1.82) is 0 Å². The van der Waals surface area contributed by atoms with Crippen molar-refractivity contribution in [2.24, 2.45) is 0 Å². The summed E-state index contributed by atoms with van der Waals surface area (Å²) in [5, 5.41) is 8.58. The zero-order valence-corrected chi connectivity index (χ0v) is 10.3. The van der Waals surface area contributed by atoms with Crippen molar-refractivity contribution in [3.8, 4) is 17.6 Å². The van der Waals surface area contributed by atoms with Crippen molar-refractivity contribution >= 4 is 0 Å². The highest BCUT2D eigenvalue weighted by Crippen LogP contribution is 2.22. The average molecular weight is 274 g/mol. The fourth-order valence-electron chi connectivity index (χ4n) is 1.39. The molecule has 6 heteroatoms. The Bertz CT molecular complexity index is 472. The molecule has 0 heterocycles. The van der Waals surface area contributed by atoms with Gasteiger partial charge in [0.1, 0.15) is 19.0 Å². The van der Waals surface area contributed by atoms with E-state index in [1.54, 1.807) is 18.2 Å². The maximum atomic E-state index is 12.0. The van der Waals surface area contributed by atoms with Crippen LogP contribution in [-0.4, -0.2) is 31.6 Å². The summed E-state index contributed by atoms with van der Waals surface area (Å²) < 4.78 is 45.6. The number of ether oxygens (including phenoxy) is 2. The Balaban J connectivity index is 2.78. The molecule has 0 aliphatic rings. The third-order valence-corrected chi connectivity index (χ3v) is 2.12. The van der Waals surface area contributed by atoms with Crippen molar-refractivity contribution in [3.63, 3.8) is 0 Å². The van der Waals surface area contributed by atoms with E-state index in [2.05, 4.69) is 16.6 Å². The molecule has 0 saturated carbocycles. The lowest BCUT2D eigenvalue weighted by molar-refractivity contribution is -0.176. The van der Waals surface area contributed by atoms with E-state index < -0.39 is 12.8 Å². The molecule has 1 rings (SSSR count). The smallest absolute Gasteiger partial charge is 0.411 e. The SMILES string of the molecule is COc1ccc(C#CCO)cc1COCC(F)(F)F. The van der Waals surface area contributed by atoms with Gasteiger partial charge in [0, 0.05) is 11.1 Å². The van der Waals surface area contributed by atoms with E-state index >= 15 is 0 Å². The van der Waals surface area contributed by atoms with Gasteiger partial charge >= 0.3 is 6.18 Å². The van der Waals surface area contributed by atoms with Crippen LogP contribution in [0.4, 0.5) is 13.2 Å². The Morgan fingerprint density at radius 3 is 2.63 bits per heavy atom. The summed E-state index contributed by atoms with van der Waals surface area (Å²) in [4.78, 5) is 0. The van der Waals surface area contributed by atoms with Crippen LogP contribution < -0.4 is 4.74 Å². The third kappa shape index (κ3) is 5.64. The zero-order chi connectivity index (χ0) is 14.3. The van der Waals surface area contributed by atoms with Crippen LogP contribution in [0.25, 0.3) is 0 Å². The molecule has 1 N–H and O–H groups in total. The van der Waals surface area contributed by atoms with E-state index in [-0.39, 0.29) is 13.2 Å².